The quantitative estimate of drug-likeness (QED) is 0.853. The maximum atomic E-state index is 13.2. The van der Waals surface area contributed by atoms with Gasteiger partial charge in [0.25, 0.3) is 0 Å². The largest absolute Gasteiger partial charge is 0.354 e. The van der Waals surface area contributed by atoms with E-state index in [1.54, 1.807) is 26.0 Å². The van der Waals surface area contributed by atoms with Gasteiger partial charge in [0, 0.05) is 12.0 Å². The number of rotatable bonds is 6. The van der Waals surface area contributed by atoms with Crippen LogP contribution in [0.3, 0.4) is 0 Å². The Bertz CT molecular complexity index is 677. The summed E-state index contributed by atoms with van der Waals surface area (Å²) in [5, 5.41) is 1.17. The molecule has 2 rings (SSSR count). The summed E-state index contributed by atoms with van der Waals surface area (Å²) in [7, 11) is -3.47. The van der Waals surface area contributed by atoms with Gasteiger partial charge in [-0.3, -0.25) is 4.79 Å². The van der Waals surface area contributed by atoms with E-state index in [1.807, 2.05) is 0 Å². The average Bonchev–Trinajstić information content (AvgIpc) is 3.02. The Hall–Kier alpha value is -1.43. The van der Waals surface area contributed by atoms with Crippen molar-refractivity contribution in [2.45, 2.75) is 62.4 Å². The summed E-state index contributed by atoms with van der Waals surface area (Å²) >= 11 is 0. The molecule has 1 aromatic carbocycles. The molecule has 0 aromatic heterocycles. The van der Waals surface area contributed by atoms with E-state index < -0.39 is 26.2 Å². The standard InChI is InChI=1S/C18H26FNO3S/c1-13(2)24(22,23)14(3)17(21)20-12-18(10-4-5-11-18)15-6-8-16(19)9-7-15/h6-9,13-14H,4-5,10-12H2,1-3H3,(H,20,21). The highest BCUT2D eigenvalue weighted by atomic mass is 32.2. The molecule has 1 unspecified atom stereocenters. The SMILES string of the molecule is CC(C)S(=O)(=O)C(C)C(=O)NCC1(c2ccc(F)cc2)CCCC1. The van der Waals surface area contributed by atoms with Crippen LogP contribution in [0, 0.1) is 5.82 Å². The molecule has 0 heterocycles. The van der Waals surface area contributed by atoms with Crippen LogP contribution >= 0.6 is 0 Å². The predicted molar refractivity (Wildman–Crippen MR) is 93.1 cm³/mol. The van der Waals surface area contributed by atoms with Gasteiger partial charge in [-0.2, -0.15) is 0 Å². The maximum Gasteiger partial charge on any atom is 0.238 e. The number of benzene rings is 1. The summed E-state index contributed by atoms with van der Waals surface area (Å²) in [6, 6.07) is 6.40. The van der Waals surface area contributed by atoms with Crippen LogP contribution in [0.5, 0.6) is 0 Å². The van der Waals surface area contributed by atoms with Gasteiger partial charge in [0.2, 0.25) is 5.91 Å². The van der Waals surface area contributed by atoms with E-state index in [9.17, 15) is 17.6 Å². The lowest BCUT2D eigenvalue weighted by atomic mass is 9.79. The van der Waals surface area contributed by atoms with Gasteiger partial charge in [-0.25, -0.2) is 12.8 Å². The first kappa shape index (κ1) is 18.9. The minimum absolute atomic E-state index is 0.231. The van der Waals surface area contributed by atoms with E-state index in [0.717, 1.165) is 31.2 Å². The minimum atomic E-state index is -3.47. The first-order valence-electron chi connectivity index (χ1n) is 8.45. The number of nitrogens with one attached hydrogen (secondary N) is 1. The van der Waals surface area contributed by atoms with E-state index in [0.29, 0.717) is 6.54 Å². The first-order valence-corrected chi connectivity index (χ1v) is 10.1. The Morgan fingerprint density at radius 3 is 2.21 bits per heavy atom. The molecule has 1 atom stereocenters. The van der Waals surface area contributed by atoms with Crippen LogP contribution in [0.25, 0.3) is 0 Å². The normalized spacial score (nSPS) is 18.5. The average molecular weight is 355 g/mol. The third-order valence-corrected chi connectivity index (χ3v) is 7.65. The summed E-state index contributed by atoms with van der Waals surface area (Å²) < 4.78 is 37.5. The summed E-state index contributed by atoms with van der Waals surface area (Å²) in [4.78, 5) is 12.3. The highest BCUT2D eigenvalue weighted by Crippen LogP contribution is 2.40. The molecule has 6 heteroatoms. The van der Waals surface area contributed by atoms with Crippen LogP contribution in [0.4, 0.5) is 4.39 Å². The van der Waals surface area contributed by atoms with Crippen molar-refractivity contribution in [3.05, 3.63) is 35.6 Å². The second-order valence-electron chi connectivity index (χ2n) is 6.99. The summed E-state index contributed by atoms with van der Waals surface area (Å²) in [6.45, 7) is 4.98. The molecule has 0 saturated heterocycles. The van der Waals surface area contributed by atoms with Gasteiger partial charge in [-0.05, 0) is 51.3 Å². The van der Waals surface area contributed by atoms with Crippen molar-refractivity contribution >= 4 is 15.7 Å². The van der Waals surface area contributed by atoms with Crippen molar-refractivity contribution in [2.75, 3.05) is 6.54 Å². The molecule has 0 bridgehead atoms. The van der Waals surface area contributed by atoms with Crippen molar-refractivity contribution in [3.63, 3.8) is 0 Å². The lowest BCUT2D eigenvalue weighted by Crippen LogP contribution is -2.46. The van der Waals surface area contributed by atoms with Gasteiger partial charge in [-0.15, -0.1) is 0 Å². The Morgan fingerprint density at radius 1 is 1.17 bits per heavy atom. The molecule has 24 heavy (non-hydrogen) atoms. The van der Waals surface area contributed by atoms with Gasteiger partial charge in [0.05, 0.1) is 5.25 Å². The molecule has 1 aliphatic carbocycles. The lowest BCUT2D eigenvalue weighted by molar-refractivity contribution is -0.120. The molecule has 0 aliphatic heterocycles. The third kappa shape index (κ3) is 3.79. The van der Waals surface area contributed by atoms with E-state index in [-0.39, 0.29) is 11.2 Å². The smallest absolute Gasteiger partial charge is 0.238 e. The summed E-state index contributed by atoms with van der Waals surface area (Å²) in [5.41, 5.74) is 0.770. The zero-order chi connectivity index (χ0) is 18.0. The third-order valence-electron chi connectivity index (χ3n) is 5.14. The molecule has 0 radical (unpaired) electrons. The Balaban J connectivity index is 2.12. The topological polar surface area (TPSA) is 63.2 Å². The second kappa shape index (κ2) is 7.21. The predicted octanol–water partition coefficient (Wildman–Crippen LogP) is 2.97. The molecule has 1 aromatic rings. The van der Waals surface area contributed by atoms with Crippen molar-refractivity contribution in [3.8, 4) is 0 Å². The highest BCUT2D eigenvalue weighted by molar-refractivity contribution is 7.93. The number of sulfone groups is 1. The van der Waals surface area contributed by atoms with Gasteiger partial charge >= 0.3 is 0 Å². The number of carbonyl (C=O) groups is 1. The molecule has 1 saturated carbocycles. The van der Waals surface area contributed by atoms with Crippen LogP contribution < -0.4 is 5.32 Å². The molecular formula is C18H26FNO3S. The molecular weight excluding hydrogens is 329 g/mol. The Kier molecular flexibility index (Phi) is 5.68. The van der Waals surface area contributed by atoms with Crippen LogP contribution in [-0.2, 0) is 20.0 Å². The van der Waals surface area contributed by atoms with Crippen LogP contribution in [0.1, 0.15) is 52.0 Å². The zero-order valence-electron chi connectivity index (χ0n) is 14.5. The van der Waals surface area contributed by atoms with Gasteiger partial charge < -0.3 is 5.32 Å². The zero-order valence-corrected chi connectivity index (χ0v) is 15.3. The minimum Gasteiger partial charge on any atom is -0.354 e. The summed E-state index contributed by atoms with van der Waals surface area (Å²) in [6.07, 6.45) is 3.91. The number of carbonyl (C=O) groups excluding carboxylic acids is 1. The number of halogens is 1. The van der Waals surface area contributed by atoms with Crippen molar-refractivity contribution < 1.29 is 17.6 Å². The molecule has 0 spiro atoms. The van der Waals surface area contributed by atoms with E-state index in [4.69, 9.17) is 0 Å². The fourth-order valence-electron chi connectivity index (χ4n) is 3.38. The number of hydrogen-bond acceptors (Lipinski definition) is 3. The van der Waals surface area contributed by atoms with Gasteiger partial charge in [0.15, 0.2) is 9.84 Å². The van der Waals surface area contributed by atoms with Crippen molar-refractivity contribution in [1.82, 2.24) is 5.32 Å². The van der Waals surface area contributed by atoms with Crippen molar-refractivity contribution in [1.29, 1.82) is 0 Å². The second-order valence-corrected chi connectivity index (χ2v) is 9.82. The van der Waals surface area contributed by atoms with Gasteiger partial charge in [0.1, 0.15) is 11.1 Å². The van der Waals surface area contributed by atoms with Crippen LogP contribution in [0.15, 0.2) is 24.3 Å². The lowest BCUT2D eigenvalue weighted by Gasteiger charge is -2.30. The number of amides is 1. The maximum absolute atomic E-state index is 13.2. The fourth-order valence-corrected chi connectivity index (χ4v) is 4.58. The Labute approximate surface area is 143 Å². The fraction of sp³-hybridized carbons (Fsp3) is 0.611. The molecule has 4 nitrogen and oxygen atoms in total. The van der Waals surface area contributed by atoms with Crippen LogP contribution in [0.2, 0.25) is 0 Å². The molecule has 134 valence electrons. The molecule has 1 N–H and O–H groups in total. The van der Waals surface area contributed by atoms with E-state index in [1.165, 1.54) is 19.1 Å². The molecule has 1 aliphatic rings. The molecule has 1 amide bonds. The van der Waals surface area contributed by atoms with Crippen molar-refractivity contribution in [2.24, 2.45) is 0 Å². The summed E-state index contributed by atoms with van der Waals surface area (Å²) in [5.74, 6) is -0.746. The van der Waals surface area contributed by atoms with Crippen LogP contribution in [-0.4, -0.2) is 31.4 Å². The Morgan fingerprint density at radius 2 is 1.71 bits per heavy atom. The molecule has 1 fully saturated rings. The van der Waals surface area contributed by atoms with E-state index >= 15 is 0 Å². The van der Waals surface area contributed by atoms with E-state index in [2.05, 4.69) is 5.32 Å². The first-order chi connectivity index (χ1) is 11.2. The monoisotopic (exact) mass is 355 g/mol. The van der Waals surface area contributed by atoms with Gasteiger partial charge in [-0.1, -0.05) is 25.0 Å². The highest BCUT2D eigenvalue weighted by Gasteiger charge is 2.37. The number of hydrogen-bond donors (Lipinski definition) is 1.